The van der Waals surface area contributed by atoms with Crippen LogP contribution in [-0.4, -0.2) is 30.9 Å². The number of aliphatic hydroxyl groups is 1. The SMILES string of the molecule is CC(CCO)CNCC1Cc2ccccc2O1. The smallest absolute Gasteiger partial charge is 0.123 e. The van der Waals surface area contributed by atoms with Crippen LogP contribution >= 0.6 is 0 Å². The largest absolute Gasteiger partial charge is 0.488 e. The molecular weight excluding hydrogens is 214 g/mol. The summed E-state index contributed by atoms with van der Waals surface area (Å²) in [5.41, 5.74) is 1.31. The van der Waals surface area contributed by atoms with E-state index in [1.807, 2.05) is 12.1 Å². The third kappa shape index (κ3) is 3.45. The first kappa shape index (κ1) is 12.4. The summed E-state index contributed by atoms with van der Waals surface area (Å²) in [4.78, 5) is 0. The first-order valence-electron chi connectivity index (χ1n) is 6.35. The minimum absolute atomic E-state index is 0.258. The van der Waals surface area contributed by atoms with Crippen molar-refractivity contribution in [3.63, 3.8) is 0 Å². The van der Waals surface area contributed by atoms with Crippen molar-refractivity contribution >= 4 is 0 Å². The number of benzene rings is 1. The molecule has 0 spiro atoms. The molecule has 1 aromatic rings. The molecule has 0 bridgehead atoms. The van der Waals surface area contributed by atoms with E-state index in [-0.39, 0.29) is 12.7 Å². The maximum atomic E-state index is 8.81. The van der Waals surface area contributed by atoms with E-state index >= 15 is 0 Å². The van der Waals surface area contributed by atoms with E-state index < -0.39 is 0 Å². The van der Waals surface area contributed by atoms with Crippen molar-refractivity contribution in [3.8, 4) is 5.75 Å². The van der Waals surface area contributed by atoms with Crippen LogP contribution in [0.1, 0.15) is 18.9 Å². The maximum absolute atomic E-state index is 8.81. The van der Waals surface area contributed by atoms with Crippen molar-refractivity contribution in [2.45, 2.75) is 25.9 Å². The van der Waals surface area contributed by atoms with E-state index in [0.29, 0.717) is 5.92 Å². The van der Waals surface area contributed by atoms with Crippen molar-refractivity contribution in [3.05, 3.63) is 29.8 Å². The van der Waals surface area contributed by atoms with Crippen LogP contribution in [0.25, 0.3) is 0 Å². The first-order chi connectivity index (χ1) is 8.29. The number of nitrogens with one attached hydrogen (secondary N) is 1. The Bertz CT molecular complexity index is 329. The van der Waals surface area contributed by atoms with Gasteiger partial charge >= 0.3 is 0 Å². The predicted octanol–water partition coefficient (Wildman–Crippen LogP) is 1.60. The van der Waals surface area contributed by atoms with Crippen molar-refractivity contribution in [2.75, 3.05) is 19.7 Å². The lowest BCUT2D eigenvalue weighted by atomic mass is 10.1. The Kier molecular flexibility index (Phi) is 4.40. The second kappa shape index (κ2) is 6.03. The number of hydrogen-bond donors (Lipinski definition) is 2. The van der Waals surface area contributed by atoms with Gasteiger partial charge in [-0.25, -0.2) is 0 Å². The number of ether oxygens (including phenoxy) is 1. The Morgan fingerprint density at radius 3 is 3.06 bits per heavy atom. The van der Waals surface area contributed by atoms with Crippen LogP contribution in [0.5, 0.6) is 5.75 Å². The summed E-state index contributed by atoms with van der Waals surface area (Å²) >= 11 is 0. The normalized spacial score (nSPS) is 19.8. The van der Waals surface area contributed by atoms with Gasteiger partial charge in [-0.3, -0.25) is 0 Å². The highest BCUT2D eigenvalue weighted by Crippen LogP contribution is 2.27. The Labute approximate surface area is 103 Å². The molecule has 2 unspecified atom stereocenters. The maximum Gasteiger partial charge on any atom is 0.123 e. The van der Waals surface area contributed by atoms with Gasteiger partial charge in [-0.15, -0.1) is 0 Å². The highest BCUT2D eigenvalue weighted by Gasteiger charge is 2.21. The zero-order chi connectivity index (χ0) is 12.1. The molecule has 1 aliphatic rings. The lowest BCUT2D eigenvalue weighted by Crippen LogP contribution is -2.33. The van der Waals surface area contributed by atoms with E-state index in [2.05, 4.69) is 24.4 Å². The minimum Gasteiger partial charge on any atom is -0.488 e. The molecule has 0 saturated heterocycles. The molecule has 0 radical (unpaired) electrons. The Morgan fingerprint density at radius 1 is 1.47 bits per heavy atom. The minimum atomic E-state index is 0.258. The zero-order valence-corrected chi connectivity index (χ0v) is 10.4. The third-order valence-corrected chi connectivity index (χ3v) is 3.20. The summed E-state index contributed by atoms with van der Waals surface area (Å²) in [5.74, 6) is 1.55. The number of para-hydroxylation sites is 1. The van der Waals surface area contributed by atoms with E-state index in [1.54, 1.807) is 0 Å². The fourth-order valence-corrected chi connectivity index (χ4v) is 2.18. The summed E-state index contributed by atoms with van der Waals surface area (Å²) in [7, 11) is 0. The van der Waals surface area contributed by atoms with Gasteiger partial charge in [-0.1, -0.05) is 25.1 Å². The summed E-state index contributed by atoms with van der Waals surface area (Å²) in [6, 6.07) is 8.23. The Balaban J connectivity index is 1.70. The molecule has 2 rings (SSSR count). The van der Waals surface area contributed by atoms with Gasteiger partial charge in [0.05, 0.1) is 0 Å². The topological polar surface area (TPSA) is 41.5 Å². The summed E-state index contributed by atoms with van der Waals surface area (Å²) in [6.07, 6.45) is 2.12. The summed E-state index contributed by atoms with van der Waals surface area (Å²) in [5, 5.41) is 12.2. The number of aliphatic hydroxyl groups excluding tert-OH is 1. The Morgan fingerprint density at radius 2 is 2.29 bits per heavy atom. The van der Waals surface area contributed by atoms with Gasteiger partial charge in [-0.2, -0.15) is 0 Å². The lowest BCUT2D eigenvalue weighted by molar-refractivity contribution is 0.220. The zero-order valence-electron chi connectivity index (χ0n) is 10.4. The molecular formula is C14H21NO2. The first-order valence-corrected chi connectivity index (χ1v) is 6.35. The van der Waals surface area contributed by atoms with Crippen LogP contribution in [0.4, 0.5) is 0 Å². The van der Waals surface area contributed by atoms with E-state index in [0.717, 1.165) is 31.7 Å². The second-order valence-electron chi connectivity index (χ2n) is 4.83. The van der Waals surface area contributed by atoms with Crippen molar-refractivity contribution < 1.29 is 9.84 Å². The molecule has 94 valence electrons. The van der Waals surface area contributed by atoms with Gasteiger partial charge in [0.25, 0.3) is 0 Å². The molecule has 3 heteroatoms. The van der Waals surface area contributed by atoms with Crippen molar-refractivity contribution in [1.29, 1.82) is 0 Å². The van der Waals surface area contributed by atoms with Gasteiger partial charge < -0.3 is 15.2 Å². The standard InChI is InChI=1S/C14H21NO2/c1-11(6-7-16)9-15-10-13-8-12-4-2-3-5-14(12)17-13/h2-5,11,13,15-16H,6-10H2,1H3. The van der Waals surface area contributed by atoms with Crippen LogP contribution in [0.3, 0.4) is 0 Å². The fraction of sp³-hybridized carbons (Fsp3) is 0.571. The number of fused-ring (bicyclic) bond motifs is 1. The average molecular weight is 235 g/mol. The lowest BCUT2D eigenvalue weighted by Gasteiger charge is -2.14. The number of hydrogen-bond acceptors (Lipinski definition) is 3. The molecule has 1 heterocycles. The third-order valence-electron chi connectivity index (χ3n) is 3.20. The number of rotatable bonds is 6. The Hall–Kier alpha value is -1.06. The monoisotopic (exact) mass is 235 g/mol. The van der Waals surface area contributed by atoms with Crippen molar-refractivity contribution in [2.24, 2.45) is 5.92 Å². The van der Waals surface area contributed by atoms with Crippen LogP contribution in [0, 0.1) is 5.92 Å². The van der Waals surface area contributed by atoms with Crippen LogP contribution in [0.15, 0.2) is 24.3 Å². The van der Waals surface area contributed by atoms with Crippen LogP contribution in [0.2, 0.25) is 0 Å². The van der Waals surface area contributed by atoms with Crippen LogP contribution in [-0.2, 0) is 6.42 Å². The van der Waals surface area contributed by atoms with Gasteiger partial charge in [-0.05, 0) is 30.5 Å². The molecule has 0 aromatic heterocycles. The molecule has 0 saturated carbocycles. The second-order valence-corrected chi connectivity index (χ2v) is 4.83. The molecule has 3 nitrogen and oxygen atoms in total. The van der Waals surface area contributed by atoms with E-state index in [1.165, 1.54) is 5.56 Å². The van der Waals surface area contributed by atoms with Crippen LogP contribution < -0.4 is 10.1 Å². The molecule has 2 atom stereocenters. The molecule has 17 heavy (non-hydrogen) atoms. The van der Waals surface area contributed by atoms with Gasteiger partial charge in [0.15, 0.2) is 0 Å². The predicted molar refractivity (Wildman–Crippen MR) is 68.3 cm³/mol. The average Bonchev–Trinajstić information content (AvgIpc) is 2.71. The summed E-state index contributed by atoms with van der Waals surface area (Å²) in [6.45, 7) is 4.24. The van der Waals surface area contributed by atoms with Gasteiger partial charge in [0.2, 0.25) is 0 Å². The van der Waals surface area contributed by atoms with E-state index in [9.17, 15) is 0 Å². The summed E-state index contributed by atoms with van der Waals surface area (Å²) < 4.78 is 5.84. The van der Waals surface area contributed by atoms with Crippen molar-refractivity contribution in [1.82, 2.24) is 5.32 Å². The fourth-order valence-electron chi connectivity index (χ4n) is 2.18. The van der Waals surface area contributed by atoms with Gasteiger partial charge in [0, 0.05) is 19.6 Å². The molecule has 1 aromatic carbocycles. The highest BCUT2D eigenvalue weighted by atomic mass is 16.5. The molecule has 0 aliphatic carbocycles. The molecule has 1 aliphatic heterocycles. The molecule has 0 fully saturated rings. The van der Waals surface area contributed by atoms with Gasteiger partial charge in [0.1, 0.15) is 11.9 Å². The van der Waals surface area contributed by atoms with E-state index in [4.69, 9.17) is 9.84 Å². The molecule has 0 amide bonds. The highest BCUT2D eigenvalue weighted by molar-refractivity contribution is 5.37. The quantitative estimate of drug-likeness (QED) is 0.787. The molecule has 2 N–H and O–H groups in total.